The fourth-order valence-electron chi connectivity index (χ4n) is 4.96. The monoisotopic (exact) mass is 730 g/mol. The number of nitrogens with zero attached hydrogens (tertiary/aromatic N) is 4. The highest BCUT2D eigenvalue weighted by atomic mass is 16.6. The zero-order valence-electron chi connectivity index (χ0n) is 30.4. The van der Waals surface area contributed by atoms with Gasteiger partial charge in [-0.25, -0.2) is 19.2 Å². The van der Waals surface area contributed by atoms with E-state index in [1.807, 2.05) is 60.7 Å². The number of carbonyl (C=O) groups is 4. The van der Waals surface area contributed by atoms with Crippen molar-refractivity contribution in [2.75, 3.05) is 49.3 Å². The number of nitriles is 2. The van der Waals surface area contributed by atoms with Gasteiger partial charge in [-0.1, -0.05) is 61.7 Å². The first-order valence-electron chi connectivity index (χ1n) is 17.1. The molecule has 3 rings (SSSR count). The van der Waals surface area contributed by atoms with Crippen LogP contribution >= 0.6 is 0 Å². The maximum atomic E-state index is 12.3. The summed E-state index contributed by atoms with van der Waals surface area (Å²) in [5.74, 6) is -2.87. The van der Waals surface area contributed by atoms with Crippen molar-refractivity contribution >= 4 is 47.4 Å². The molecule has 54 heavy (non-hydrogen) atoms. The maximum Gasteiger partial charge on any atom is 0.349 e. The van der Waals surface area contributed by atoms with Crippen LogP contribution in [0.25, 0.3) is 12.2 Å². The topological polar surface area (TPSA) is 159 Å². The van der Waals surface area contributed by atoms with E-state index in [9.17, 15) is 29.7 Å². The van der Waals surface area contributed by atoms with Gasteiger partial charge in [0, 0.05) is 49.7 Å². The van der Waals surface area contributed by atoms with E-state index in [-0.39, 0.29) is 37.6 Å². The number of benzene rings is 3. The van der Waals surface area contributed by atoms with E-state index in [1.54, 1.807) is 0 Å². The Labute approximate surface area is 315 Å². The van der Waals surface area contributed by atoms with Crippen LogP contribution in [0.3, 0.4) is 0 Å². The number of hydrogen-bond donors (Lipinski definition) is 0. The van der Waals surface area contributed by atoms with Crippen LogP contribution in [-0.4, -0.2) is 63.4 Å². The lowest BCUT2D eigenvalue weighted by molar-refractivity contribution is -0.146. The summed E-state index contributed by atoms with van der Waals surface area (Å²) in [6, 6.07) is 27.1. The fourth-order valence-corrected chi connectivity index (χ4v) is 4.96. The van der Waals surface area contributed by atoms with Crippen LogP contribution in [0.4, 0.5) is 11.4 Å². The van der Waals surface area contributed by atoms with Crippen LogP contribution in [0, 0.1) is 22.7 Å². The highest BCUT2D eigenvalue weighted by Crippen LogP contribution is 2.22. The molecule has 0 bridgehead atoms. The van der Waals surface area contributed by atoms with E-state index in [4.69, 9.17) is 18.9 Å². The van der Waals surface area contributed by atoms with Crippen molar-refractivity contribution < 1.29 is 38.1 Å². The second kappa shape index (κ2) is 22.1. The zero-order valence-corrected chi connectivity index (χ0v) is 30.4. The van der Waals surface area contributed by atoms with Gasteiger partial charge >= 0.3 is 23.9 Å². The van der Waals surface area contributed by atoms with Crippen LogP contribution in [0.1, 0.15) is 36.1 Å². The molecule has 0 saturated heterocycles. The molecule has 3 aromatic rings. The van der Waals surface area contributed by atoms with Gasteiger partial charge in [-0.3, -0.25) is 0 Å². The van der Waals surface area contributed by atoms with E-state index in [1.165, 1.54) is 12.2 Å². The summed E-state index contributed by atoms with van der Waals surface area (Å²) in [7, 11) is 0. The molecule has 0 amide bonds. The van der Waals surface area contributed by atoms with Crippen LogP contribution in [-0.2, 0) is 51.2 Å². The van der Waals surface area contributed by atoms with Gasteiger partial charge in [0.05, 0.1) is 0 Å². The molecule has 0 fully saturated rings. The zero-order chi connectivity index (χ0) is 39.3. The Morgan fingerprint density at radius 2 is 0.907 bits per heavy atom. The molecular formula is C42H42N4O8. The average molecular weight is 731 g/mol. The third-order valence-corrected chi connectivity index (χ3v) is 7.81. The minimum atomic E-state index is -0.807. The molecule has 0 aliphatic heterocycles. The van der Waals surface area contributed by atoms with Gasteiger partial charge in [0.1, 0.15) is 49.7 Å². The molecule has 12 heteroatoms. The SMILES string of the molecule is C=CC(=O)OCCOC(=O)C(C#N)=Cc1ccc(N(CC)Cc2ccc(CN(CC)c3ccc(C=C(C#N)C(=O)OCCOC(=O)C=C)cc3)cc2)cc1. The minimum Gasteiger partial charge on any atom is -0.459 e. The largest absolute Gasteiger partial charge is 0.459 e. The number of rotatable bonds is 20. The number of esters is 4. The normalized spacial score (nSPS) is 10.9. The molecule has 0 aromatic heterocycles. The molecule has 0 unspecified atom stereocenters. The molecule has 0 N–H and O–H groups in total. The summed E-state index contributed by atoms with van der Waals surface area (Å²) in [6.07, 6.45) is 4.91. The van der Waals surface area contributed by atoms with Crippen LogP contribution in [0.15, 0.2) is 109 Å². The third-order valence-electron chi connectivity index (χ3n) is 7.81. The van der Waals surface area contributed by atoms with Gasteiger partial charge in [-0.15, -0.1) is 0 Å². The van der Waals surface area contributed by atoms with Gasteiger partial charge in [0.25, 0.3) is 0 Å². The van der Waals surface area contributed by atoms with Crippen molar-refractivity contribution in [2.24, 2.45) is 0 Å². The highest BCUT2D eigenvalue weighted by Gasteiger charge is 2.14. The first kappa shape index (κ1) is 41.5. The summed E-state index contributed by atoms with van der Waals surface area (Å²) < 4.78 is 19.6. The standard InChI is InChI=1S/C42H42N4O8/c1-5-39(47)51-21-23-53-41(49)35(27-43)25-31-13-17-37(18-14-31)45(7-3)29-33-9-11-34(12-10-33)30-46(8-4)38-19-15-32(16-20-38)26-36(28-44)42(50)54-24-22-52-40(48)6-2/h5-6,9-20,25-26H,1-2,7-8,21-24,29-30H2,3-4H3. The quantitative estimate of drug-likeness (QED) is 0.0433. The Morgan fingerprint density at radius 3 is 1.20 bits per heavy atom. The molecular weight excluding hydrogens is 688 g/mol. The van der Waals surface area contributed by atoms with Crippen molar-refractivity contribution in [1.82, 2.24) is 0 Å². The summed E-state index contributed by atoms with van der Waals surface area (Å²) in [4.78, 5) is 51.2. The van der Waals surface area contributed by atoms with Gasteiger partial charge in [0.2, 0.25) is 0 Å². The van der Waals surface area contributed by atoms with Crippen molar-refractivity contribution in [3.8, 4) is 12.1 Å². The van der Waals surface area contributed by atoms with Crippen molar-refractivity contribution in [2.45, 2.75) is 26.9 Å². The predicted octanol–water partition coefficient (Wildman–Crippen LogP) is 6.10. The van der Waals surface area contributed by atoms with Gasteiger partial charge in [-0.05, 0) is 72.5 Å². The van der Waals surface area contributed by atoms with Crippen LogP contribution in [0.5, 0.6) is 0 Å². The molecule has 0 radical (unpaired) electrons. The number of hydrogen-bond acceptors (Lipinski definition) is 12. The average Bonchev–Trinajstić information content (AvgIpc) is 3.20. The molecule has 0 aliphatic rings. The number of ether oxygens (including phenoxy) is 4. The van der Waals surface area contributed by atoms with E-state index >= 15 is 0 Å². The minimum absolute atomic E-state index is 0.137. The molecule has 0 atom stereocenters. The van der Waals surface area contributed by atoms with Crippen molar-refractivity contribution in [3.63, 3.8) is 0 Å². The molecule has 278 valence electrons. The Kier molecular flexibility index (Phi) is 17.0. The van der Waals surface area contributed by atoms with E-state index in [0.29, 0.717) is 24.2 Å². The second-order valence-corrected chi connectivity index (χ2v) is 11.4. The highest BCUT2D eigenvalue weighted by molar-refractivity contribution is 5.98. The van der Waals surface area contributed by atoms with Gasteiger partial charge in [0.15, 0.2) is 0 Å². The third kappa shape index (κ3) is 13.3. The number of anilines is 2. The Balaban J connectivity index is 1.57. The lowest BCUT2D eigenvalue weighted by Crippen LogP contribution is -2.23. The van der Waals surface area contributed by atoms with Crippen molar-refractivity contribution in [1.29, 1.82) is 10.5 Å². The summed E-state index contributed by atoms with van der Waals surface area (Å²) in [5, 5.41) is 18.9. The molecule has 3 aromatic carbocycles. The van der Waals surface area contributed by atoms with E-state index in [0.717, 1.165) is 47.7 Å². The lowest BCUT2D eigenvalue weighted by Gasteiger charge is -2.25. The fraction of sp³-hybridized carbons (Fsp3) is 0.238. The summed E-state index contributed by atoms with van der Waals surface area (Å²) in [6.45, 7) is 12.9. The Morgan fingerprint density at radius 1 is 0.574 bits per heavy atom. The maximum absolute atomic E-state index is 12.3. The molecule has 0 aliphatic carbocycles. The van der Waals surface area contributed by atoms with Crippen LogP contribution < -0.4 is 9.80 Å². The lowest BCUT2D eigenvalue weighted by atomic mass is 10.1. The number of carbonyl (C=O) groups excluding carboxylic acids is 4. The van der Waals surface area contributed by atoms with Gasteiger partial charge in [-0.2, -0.15) is 10.5 Å². The van der Waals surface area contributed by atoms with Crippen LogP contribution in [0.2, 0.25) is 0 Å². The second-order valence-electron chi connectivity index (χ2n) is 11.4. The summed E-state index contributed by atoms with van der Waals surface area (Å²) in [5.41, 5.74) is 5.18. The molecule has 0 spiro atoms. The summed E-state index contributed by atoms with van der Waals surface area (Å²) >= 11 is 0. The van der Waals surface area contributed by atoms with Gasteiger partial charge < -0.3 is 28.7 Å². The van der Waals surface area contributed by atoms with Crippen molar-refractivity contribution in [3.05, 3.63) is 132 Å². The molecule has 12 nitrogen and oxygen atoms in total. The predicted molar refractivity (Wildman–Crippen MR) is 204 cm³/mol. The Bertz CT molecular complexity index is 1780. The Hall–Kier alpha value is -6.92. The smallest absolute Gasteiger partial charge is 0.349 e. The first-order valence-corrected chi connectivity index (χ1v) is 17.1. The van der Waals surface area contributed by atoms with E-state index < -0.39 is 23.9 Å². The first-order chi connectivity index (χ1) is 26.1. The molecule has 0 saturated carbocycles. The van der Waals surface area contributed by atoms with E-state index in [2.05, 4.69) is 61.1 Å². The molecule has 0 heterocycles.